The first-order valence-electron chi connectivity index (χ1n) is 4.61. The zero-order chi connectivity index (χ0) is 9.26. The van der Waals surface area contributed by atoms with Crippen molar-refractivity contribution in [3.05, 3.63) is 41.2 Å². The third-order valence-corrected chi connectivity index (χ3v) is 2.47. The molecule has 0 saturated heterocycles. The minimum atomic E-state index is 0.876. The first-order chi connectivity index (χ1) is 6.31. The molecule has 0 unspecified atom stereocenters. The van der Waals surface area contributed by atoms with Crippen molar-refractivity contribution in [2.24, 2.45) is 5.73 Å². The molecule has 1 heterocycles. The maximum Gasteiger partial charge on any atom is 0.0995 e. The van der Waals surface area contributed by atoms with Gasteiger partial charge in [-0.3, -0.25) is 0 Å². The van der Waals surface area contributed by atoms with E-state index in [2.05, 4.69) is 30.0 Å². The Bertz CT molecular complexity index is 342. The Hall–Kier alpha value is -1.44. The molecule has 1 aliphatic rings. The summed E-state index contributed by atoms with van der Waals surface area (Å²) in [4.78, 5) is 2.17. The lowest BCUT2D eigenvalue weighted by atomic mass is 10.0. The molecule has 13 heavy (non-hydrogen) atoms. The normalized spacial score (nSPS) is 15.2. The fourth-order valence-corrected chi connectivity index (χ4v) is 1.66. The van der Waals surface area contributed by atoms with Gasteiger partial charge in [0, 0.05) is 13.1 Å². The van der Waals surface area contributed by atoms with Crippen molar-refractivity contribution >= 4 is 6.08 Å². The predicted molar refractivity (Wildman–Crippen MR) is 54.7 cm³/mol. The topological polar surface area (TPSA) is 29.3 Å². The molecule has 68 valence electrons. The Labute approximate surface area is 78.7 Å². The molecular formula is C11H14N2. The van der Waals surface area contributed by atoms with Gasteiger partial charge in [0.25, 0.3) is 0 Å². The summed E-state index contributed by atoms with van der Waals surface area (Å²) < 4.78 is 0. The summed E-state index contributed by atoms with van der Waals surface area (Å²) in [5.41, 5.74) is 8.51. The van der Waals surface area contributed by atoms with E-state index in [9.17, 15) is 0 Å². The lowest BCUT2D eigenvalue weighted by Gasteiger charge is -2.28. The molecule has 0 saturated carbocycles. The van der Waals surface area contributed by atoms with Gasteiger partial charge in [0.15, 0.2) is 0 Å². The zero-order valence-corrected chi connectivity index (χ0v) is 7.83. The summed E-state index contributed by atoms with van der Waals surface area (Å²) in [5, 5.41) is 0. The van der Waals surface area contributed by atoms with Gasteiger partial charge in [-0.1, -0.05) is 24.3 Å². The van der Waals surface area contributed by atoms with Crippen LogP contribution in [0.15, 0.2) is 30.1 Å². The van der Waals surface area contributed by atoms with Crippen LogP contribution in [0.1, 0.15) is 18.1 Å². The highest BCUT2D eigenvalue weighted by molar-refractivity contribution is 5.57. The molecule has 0 radical (unpaired) electrons. The molecule has 2 nitrogen and oxygen atoms in total. The van der Waals surface area contributed by atoms with Crippen LogP contribution in [-0.2, 0) is 6.54 Å². The first-order valence-corrected chi connectivity index (χ1v) is 4.61. The van der Waals surface area contributed by atoms with Gasteiger partial charge in [-0.05, 0) is 24.1 Å². The third kappa shape index (κ3) is 1.39. The maximum absolute atomic E-state index is 5.89. The van der Waals surface area contributed by atoms with E-state index in [0.29, 0.717) is 0 Å². The molecule has 0 fully saturated rings. The number of nitrogens with zero attached hydrogens (tertiary/aromatic N) is 1. The predicted octanol–water partition coefficient (Wildman–Crippen LogP) is 1.78. The van der Waals surface area contributed by atoms with Crippen molar-refractivity contribution in [2.45, 2.75) is 13.5 Å². The van der Waals surface area contributed by atoms with Gasteiger partial charge < -0.3 is 10.6 Å². The van der Waals surface area contributed by atoms with Gasteiger partial charge >= 0.3 is 0 Å². The van der Waals surface area contributed by atoms with Crippen LogP contribution < -0.4 is 5.73 Å². The van der Waals surface area contributed by atoms with Gasteiger partial charge in [-0.25, -0.2) is 0 Å². The Kier molecular flexibility index (Phi) is 1.97. The first kappa shape index (κ1) is 8.17. The van der Waals surface area contributed by atoms with E-state index < -0.39 is 0 Å². The van der Waals surface area contributed by atoms with Crippen LogP contribution in [0.4, 0.5) is 0 Å². The summed E-state index contributed by atoms with van der Waals surface area (Å²) in [7, 11) is 0. The van der Waals surface area contributed by atoms with Crippen molar-refractivity contribution in [2.75, 3.05) is 6.54 Å². The van der Waals surface area contributed by atoms with E-state index in [1.54, 1.807) is 0 Å². The molecule has 0 aliphatic carbocycles. The molecule has 0 amide bonds. The van der Waals surface area contributed by atoms with Gasteiger partial charge in [-0.2, -0.15) is 0 Å². The fraction of sp³-hybridized carbons (Fsp3) is 0.273. The minimum absolute atomic E-state index is 0.876. The number of hydrogen-bond donors (Lipinski definition) is 1. The van der Waals surface area contributed by atoms with Crippen LogP contribution >= 0.6 is 0 Å². The van der Waals surface area contributed by atoms with Gasteiger partial charge in [-0.15, -0.1) is 0 Å². The van der Waals surface area contributed by atoms with E-state index >= 15 is 0 Å². The Morgan fingerprint density at radius 3 is 2.92 bits per heavy atom. The van der Waals surface area contributed by atoms with Crippen molar-refractivity contribution in [1.29, 1.82) is 0 Å². The Morgan fingerprint density at radius 1 is 1.38 bits per heavy atom. The highest BCUT2D eigenvalue weighted by atomic mass is 15.2. The highest BCUT2D eigenvalue weighted by Gasteiger charge is 2.12. The molecule has 2 rings (SSSR count). The van der Waals surface area contributed by atoms with E-state index in [4.69, 9.17) is 5.73 Å². The molecule has 1 aromatic rings. The molecule has 2 N–H and O–H groups in total. The van der Waals surface area contributed by atoms with Crippen molar-refractivity contribution in [3.8, 4) is 0 Å². The quantitative estimate of drug-likeness (QED) is 0.703. The average Bonchev–Trinajstić information content (AvgIpc) is 2.17. The molecule has 0 atom stereocenters. The SMILES string of the molecule is CCN1Cc2ccccc2C=C1N. The van der Waals surface area contributed by atoms with Crippen molar-refractivity contribution < 1.29 is 0 Å². The van der Waals surface area contributed by atoms with Gasteiger partial charge in [0.2, 0.25) is 0 Å². The Morgan fingerprint density at radius 2 is 2.15 bits per heavy atom. The third-order valence-electron chi connectivity index (χ3n) is 2.47. The second kappa shape index (κ2) is 3.13. The summed E-state index contributed by atoms with van der Waals surface area (Å²) in [5.74, 6) is 0.876. The Balaban J connectivity index is 2.40. The number of benzene rings is 1. The molecule has 0 spiro atoms. The zero-order valence-electron chi connectivity index (χ0n) is 7.83. The lowest BCUT2D eigenvalue weighted by Crippen LogP contribution is -2.29. The summed E-state index contributed by atoms with van der Waals surface area (Å²) in [6.07, 6.45) is 2.04. The molecule has 0 aromatic heterocycles. The molecule has 1 aliphatic heterocycles. The second-order valence-electron chi connectivity index (χ2n) is 3.28. The number of fused-ring (bicyclic) bond motifs is 1. The lowest BCUT2D eigenvalue weighted by molar-refractivity contribution is 0.349. The average molecular weight is 174 g/mol. The molecule has 2 heteroatoms. The van der Waals surface area contributed by atoms with Crippen LogP contribution in [0.3, 0.4) is 0 Å². The van der Waals surface area contributed by atoms with Gasteiger partial charge in [0.1, 0.15) is 0 Å². The molecular weight excluding hydrogens is 160 g/mol. The van der Waals surface area contributed by atoms with Crippen LogP contribution in [0.5, 0.6) is 0 Å². The number of hydrogen-bond acceptors (Lipinski definition) is 2. The largest absolute Gasteiger partial charge is 0.385 e. The van der Waals surface area contributed by atoms with Crippen molar-refractivity contribution in [3.63, 3.8) is 0 Å². The maximum atomic E-state index is 5.89. The monoisotopic (exact) mass is 174 g/mol. The molecule has 1 aromatic carbocycles. The van der Waals surface area contributed by atoms with Crippen LogP contribution in [0, 0.1) is 0 Å². The van der Waals surface area contributed by atoms with Crippen LogP contribution in [0.2, 0.25) is 0 Å². The van der Waals surface area contributed by atoms with Gasteiger partial charge in [0.05, 0.1) is 5.82 Å². The van der Waals surface area contributed by atoms with E-state index in [1.165, 1.54) is 11.1 Å². The van der Waals surface area contributed by atoms with Crippen LogP contribution in [0.25, 0.3) is 6.08 Å². The summed E-state index contributed by atoms with van der Waals surface area (Å²) >= 11 is 0. The molecule has 0 bridgehead atoms. The number of nitrogens with two attached hydrogens (primary N) is 1. The van der Waals surface area contributed by atoms with Crippen molar-refractivity contribution in [1.82, 2.24) is 4.90 Å². The van der Waals surface area contributed by atoms with E-state index in [1.807, 2.05) is 12.1 Å². The second-order valence-corrected chi connectivity index (χ2v) is 3.28. The van der Waals surface area contributed by atoms with E-state index in [0.717, 1.165) is 18.9 Å². The minimum Gasteiger partial charge on any atom is -0.385 e. The smallest absolute Gasteiger partial charge is 0.0995 e. The fourth-order valence-electron chi connectivity index (χ4n) is 1.66. The summed E-state index contributed by atoms with van der Waals surface area (Å²) in [6.45, 7) is 4.03. The number of rotatable bonds is 1. The highest BCUT2D eigenvalue weighted by Crippen LogP contribution is 2.21. The standard InChI is InChI=1S/C11H14N2/c1-2-13-8-10-6-4-3-5-9(10)7-11(13)12/h3-7H,2,8,12H2,1H3. The summed E-state index contributed by atoms with van der Waals surface area (Å²) in [6, 6.07) is 8.38. The van der Waals surface area contributed by atoms with E-state index in [-0.39, 0.29) is 0 Å². The van der Waals surface area contributed by atoms with Crippen LogP contribution in [-0.4, -0.2) is 11.4 Å².